The van der Waals surface area contributed by atoms with Crippen LogP contribution >= 0.6 is 0 Å². The molecule has 2 aliphatic carbocycles. The third-order valence-corrected chi connectivity index (χ3v) is 6.54. The van der Waals surface area contributed by atoms with E-state index in [1.54, 1.807) is 0 Å². The van der Waals surface area contributed by atoms with Gasteiger partial charge in [0.15, 0.2) is 0 Å². The molecule has 22 heavy (non-hydrogen) atoms. The van der Waals surface area contributed by atoms with Crippen LogP contribution < -0.4 is 5.32 Å². The van der Waals surface area contributed by atoms with Crippen LogP contribution in [0.3, 0.4) is 0 Å². The third kappa shape index (κ3) is 2.18. The molecule has 1 aliphatic heterocycles. The standard InChI is InChI=1S/C19H26N2O/c1-13-18-9-15-5-6-16(20-12-22)10-17(15)19(13,2)7-8-21(18)11-14-3-4-14/h5-6,10,12-14,18H,3-4,7-9,11H2,1-2H3,(H,20,22)/t13-,18+,19+/m0/s1. The van der Waals surface area contributed by atoms with E-state index in [-0.39, 0.29) is 5.41 Å². The van der Waals surface area contributed by atoms with Crippen molar-refractivity contribution in [1.29, 1.82) is 0 Å². The number of carbonyl (C=O) groups excluding carboxylic acids is 1. The summed E-state index contributed by atoms with van der Waals surface area (Å²) in [5, 5.41) is 2.82. The van der Waals surface area contributed by atoms with Crippen LogP contribution in [0.2, 0.25) is 0 Å². The van der Waals surface area contributed by atoms with E-state index >= 15 is 0 Å². The molecule has 0 radical (unpaired) electrons. The number of benzene rings is 1. The first-order valence-electron chi connectivity index (χ1n) is 8.69. The topological polar surface area (TPSA) is 32.3 Å². The lowest BCUT2D eigenvalue weighted by Crippen LogP contribution is -2.58. The zero-order valence-corrected chi connectivity index (χ0v) is 13.6. The summed E-state index contributed by atoms with van der Waals surface area (Å²) in [5.41, 5.74) is 4.14. The van der Waals surface area contributed by atoms with E-state index in [4.69, 9.17) is 0 Å². The van der Waals surface area contributed by atoms with Crippen LogP contribution in [0.1, 0.15) is 44.2 Å². The molecular weight excluding hydrogens is 272 g/mol. The third-order valence-electron chi connectivity index (χ3n) is 6.54. The van der Waals surface area contributed by atoms with Crippen LogP contribution in [0.15, 0.2) is 18.2 Å². The van der Waals surface area contributed by atoms with Crippen molar-refractivity contribution in [3.8, 4) is 0 Å². The molecule has 118 valence electrons. The van der Waals surface area contributed by atoms with Crippen molar-refractivity contribution in [2.45, 2.75) is 51.0 Å². The maximum Gasteiger partial charge on any atom is 0.211 e. The predicted octanol–water partition coefficient (Wildman–Crippen LogP) is 3.19. The van der Waals surface area contributed by atoms with Gasteiger partial charge in [0, 0.05) is 18.3 Å². The number of nitrogens with one attached hydrogen (secondary N) is 1. The zero-order valence-electron chi connectivity index (χ0n) is 13.6. The summed E-state index contributed by atoms with van der Waals surface area (Å²) in [6.45, 7) is 7.41. The van der Waals surface area contributed by atoms with Crippen LogP contribution in [0.25, 0.3) is 0 Å². The summed E-state index contributed by atoms with van der Waals surface area (Å²) >= 11 is 0. The second-order valence-electron chi connectivity index (χ2n) is 7.80. The number of hydrogen-bond donors (Lipinski definition) is 1. The summed E-state index contributed by atoms with van der Waals surface area (Å²) in [7, 11) is 0. The van der Waals surface area contributed by atoms with E-state index in [9.17, 15) is 4.79 Å². The Hall–Kier alpha value is -1.35. The van der Waals surface area contributed by atoms with Gasteiger partial charge in [-0.2, -0.15) is 0 Å². The van der Waals surface area contributed by atoms with Gasteiger partial charge in [-0.25, -0.2) is 0 Å². The molecule has 0 aromatic heterocycles. The first-order valence-corrected chi connectivity index (χ1v) is 8.69. The van der Waals surface area contributed by atoms with Gasteiger partial charge in [-0.3, -0.25) is 9.69 Å². The fourth-order valence-electron chi connectivity index (χ4n) is 4.72. The van der Waals surface area contributed by atoms with E-state index in [2.05, 4.69) is 36.2 Å². The van der Waals surface area contributed by atoms with Crippen LogP contribution in [-0.2, 0) is 16.6 Å². The summed E-state index contributed by atoms with van der Waals surface area (Å²) in [5.74, 6) is 1.65. The van der Waals surface area contributed by atoms with Crippen molar-refractivity contribution in [2.75, 3.05) is 18.4 Å². The van der Waals surface area contributed by atoms with Gasteiger partial charge in [0.2, 0.25) is 6.41 Å². The molecule has 4 rings (SSSR count). The molecule has 0 unspecified atom stereocenters. The number of amides is 1. The maximum atomic E-state index is 10.7. The number of hydrogen-bond acceptors (Lipinski definition) is 2. The number of rotatable bonds is 4. The van der Waals surface area contributed by atoms with Crippen molar-refractivity contribution in [1.82, 2.24) is 4.90 Å². The largest absolute Gasteiger partial charge is 0.329 e. The Kier molecular flexibility index (Phi) is 3.30. The average molecular weight is 298 g/mol. The number of anilines is 1. The summed E-state index contributed by atoms with van der Waals surface area (Å²) in [6.07, 6.45) is 6.05. The SMILES string of the molecule is C[C@H]1[C@H]2Cc3ccc(NC=O)cc3[C@]1(C)CCN2CC1CC1. The van der Waals surface area contributed by atoms with Gasteiger partial charge in [-0.05, 0) is 72.7 Å². The van der Waals surface area contributed by atoms with Gasteiger partial charge in [-0.1, -0.05) is 19.9 Å². The van der Waals surface area contributed by atoms with Crippen molar-refractivity contribution in [3.63, 3.8) is 0 Å². The van der Waals surface area contributed by atoms with E-state index in [1.807, 2.05) is 6.07 Å². The minimum absolute atomic E-state index is 0.249. The quantitative estimate of drug-likeness (QED) is 0.866. The first kappa shape index (κ1) is 14.3. The fourth-order valence-corrected chi connectivity index (χ4v) is 4.72. The molecule has 1 heterocycles. The fraction of sp³-hybridized carbons (Fsp3) is 0.632. The molecule has 1 aromatic carbocycles. The molecule has 2 fully saturated rings. The highest BCUT2D eigenvalue weighted by Gasteiger charge is 2.48. The lowest BCUT2D eigenvalue weighted by Gasteiger charge is -2.55. The summed E-state index contributed by atoms with van der Waals surface area (Å²) < 4.78 is 0. The average Bonchev–Trinajstić information content (AvgIpc) is 3.31. The molecule has 3 nitrogen and oxygen atoms in total. The highest BCUT2D eigenvalue weighted by Crippen LogP contribution is 2.49. The second kappa shape index (κ2) is 5.09. The lowest BCUT2D eigenvalue weighted by molar-refractivity contribution is -0.105. The molecule has 1 amide bonds. The van der Waals surface area contributed by atoms with Gasteiger partial charge in [0.25, 0.3) is 0 Å². The van der Waals surface area contributed by atoms with Gasteiger partial charge < -0.3 is 5.32 Å². The monoisotopic (exact) mass is 298 g/mol. The summed E-state index contributed by atoms with van der Waals surface area (Å²) in [4.78, 5) is 13.5. The highest BCUT2D eigenvalue weighted by molar-refractivity contribution is 5.72. The maximum absolute atomic E-state index is 10.7. The molecule has 1 N–H and O–H groups in total. The summed E-state index contributed by atoms with van der Waals surface area (Å²) in [6, 6.07) is 7.19. The van der Waals surface area contributed by atoms with Crippen molar-refractivity contribution < 1.29 is 4.79 Å². The Balaban J connectivity index is 1.68. The van der Waals surface area contributed by atoms with E-state index in [1.165, 1.54) is 49.9 Å². The molecule has 2 bridgehead atoms. The van der Waals surface area contributed by atoms with Crippen LogP contribution in [-0.4, -0.2) is 30.4 Å². The molecule has 1 aromatic rings. The molecule has 3 aliphatic rings. The number of nitrogens with zero attached hydrogens (tertiary/aromatic N) is 1. The Morgan fingerprint density at radius 2 is 2.23 bits per heavy atom. The molecule has 3 heteroatoms. The second-order valence-corrected chi connectivity index (χ2v) is 7.80. The molecule has 3 atom stereocenters. The van der Waals surface area contributed by atoms with E-state index in [0.717, 1.165) is 18.0 Å². The number of fused-ring (bicyclic) bond motifs is 4. The Labute approximate surface area is 133 Å². The molecule has 0 spiro atoms. The smallest absolute Gasteiger partial charge is 0.211 e. The van der Waals surface area contributed by atoms with Crippen LogP contribution in [0.5, 0.6) is 0 Å². The molecular formula is C19H26N2O. The van der Waals surface area contributed by atoms with Crippen LogP contribution in [0.4, 0.5) is 5.69 Å². The highest BCUT2D eigenvalue weighted by atomic mass is 16.1. The van der Waals surface area contributed by atoms with Crippen LogP contribution in [0, 0.1) is 11.8 Å². The Morgan fingerprint density at radius 3 is 2.95 bits per heavy atom. The van der Waals surface area contributed by atoms with E-state index in [0.29, 0.717) is 12.0 Å². The van der Waals surface area contributed by atoms with Gasteiger partial charge in [-0.15, -0.1) is 0 Å². The number of piperidine rings is 1. The predicted molar refractivity (Wildman–Crippen MR) is 89.1 cm³/mol. The van der Waals surface area contributed by atoms with E-state index < -0.39 is 0 Å². The first-order chi connectivity index (χ1) is 10.6. The van der Waals surface area contributed by atoms with Crippen molar-refractivity contribution in [2.24, 2.45) is 11.8 Å². The van der Waals surface area contributed by atoms with Gasteiger partial charge in [0.05, 0.1) is 0 Å². The van der Waals surface area contributed by atoms with Crippen molar-refractivity contribution in [3.05, 3.63) is 29.3 Å². The van der Waals surface area contributed by atoms with Crippen molar-refractivity contribution >= 4 is 12.1 Å². The van der Waals surface area contributed by atoms with Gasteiger partial charge >= 0.3 is 0 Å². The number of likely N-dealkylation sites (tertiary alicyclic amines) is 1. The zero-order chi connectivity index (χ0) is 15.3. The normalized spacial score (nSPS) is 34.1. The molecule has 1 saturated carbocycles. The molecule has 1 saturated heterocycles. The number of carbonyl (C=O) groups is 1. The minimum Gasteiger partial charge on any atom is -0.329 e. The lowest BCUT2D eigenvalue weighted by atomic mass is 9.59. The Bertz CT molecular complexity index is 595. The minimum atomic E-state index is 0.249. The van der Waals surface area contributed by atoms with Gasteiger partial charge in [0.1, 0.15) is 0 Å². The Morgan fingerprint density at radius 1 is 1.41 bits per heavy atom.